The highest BCUT2D eigenvalue weighted by Gasteiger charge is 2.26. The zero-order valence-electron chi connectivity index (χ0n) is 15.1. The van der Waals surface area contributed by atoms with Crippen molar-refractivity contribution >= 4 is 28.3 Å². The van der Waals surface area contributed by atoms with Gasteiger partial charge in [0.05, 0.1) is 13.2 Å². The molecule has 5 heteroatoms. The van der Waals surface area contributed by atoms with Crippen molar-refractivity contribution < 1.29 is 9.53 Å². The summed E-state index contributed by atoms with van der Waals surface area (Å²) < 4.78 is 7.51. The number of hydrogen-bond acceptors (Lipinski definition) is 3. The van der Waals surface area contributed by atoms with Gasteiger partial charge < -0.3 is 14.2 Å². The van der Waals surface area contributed by atoms with Crippen LogP contribution in [0.2, 0.25) is 0 Å². The minimum atomic E-state index is -0.175. The van der Waals surface area contributed by atoms with Gasteiger partial charge in [-0.25, -0.2) is 4.79 Å². The van der Waals surface area contributed by atoms with E-state index in [1.807, 2.05) is 11.8 Å². The number of ether oxygens (including phenoxy) is 1. The Labute approximate surface area is 158 Å². The van der Waals surface area contributed by atoms with Crippen LogP contribution in [0.15, 0.2) is 48.0 Å². The van der Waals surface area contributed by atoms with Crippen LogP contribution in [0.4, 0.5) is 4.79 Å². The molecule has 0 spiro atoms. The van der Waals surface area contributed by atoms with Crippen LogP contribution < -0.4 is 0 Å². The van der Waals surface area contributed by atoms with Gasteiger partial charge in [0.25, 0.3) is 0 Å². The molecule has 0 aliphatic carbocycles. The number of nitrogens with zero attached hydrogens (tertiary/aromatic N) is 2. The van der Waals surface area contributed by atoms with Crippen LogP contribution in [-0.2, 0) is 11.3 Å². The van der Waals surface area contributed by atoms with Crippen LogP contribution in [-0.4, -0.2) is 35.3 Å². The van der Waals surface area contributed by atoms with Gasteiger partial charge in [0.1, 0.15) is 0 Å². The van der Waals surface area contributed by atoms with Gasteiger partial charge in [0, 0.05) is 35.1 Å². The lowest BCUT2D eigenvalue weighted by Gasteiger charge is -2.31. The second kappa shape index (κ2) is 7.54. The average Bonchev–Trinajstić information content (AvgIpc) is 3.31. The number of thiophene rings is 1. The van der Waals surface area contributed by atoms with E-state index >= 15 is 0 Å². The molecule has 26 heavy (non-hydrogen) atoms. The van der Waals surface area contributed by atoms with Crippen LogP contribution in [0.3, 0.4) is 0 Å². The fourth-order valence-corrected chi connectivity index (χ4v) is 4.59. The summed E-state index contributed by atoms with van der Waals surface area (Å²) >= 11 is 1.80. The third-order valence-electron chi connectivity index (χ3n) is 5.19. The third-order valence-corrected chi connectivity index (χ3v) is 6.05. The molecule has 2 aromatic heterocycles. The van der Waals surface area contributed by atoms with Crippen LogP contribution in [0.1, 0.15) is 36.1 Å². The molecule has 1 aliphatic heterocycles. The zero-order chi connectivity index (χ0) is 17.9. The summed E-state index contributed by atoms with van der Waals surface area (Å²) in [6.07, 6.45) is 4.14. The van der Waals surface area contributed by atoms with E-state index in [1.165, 1.54) is 21.3 Å². The lowest BCUT2D eigenvalue weighted by Crippen LogP contribution is -2.38. The Morgan fingerprint density at radius 2 is 2.00 bits per heavy atom. The molecule has 0 bridgehead atoms. The van der Waals surface area contributed by atoms with Crippen molar-refractivity contribution in [3.63, 3.8) is 0 Å². The number of aromatic nitrogens is 1. The molecule has 3 aromatic rings. The van der Waals surface area contributed by atoms with E-state index in [-0.39, 0.29) is 6.09 Å². The number of piperidine rings is 1. The van der Waals surface area contributed by atoms with Crippen molar-refractivity contribution in [3.8, 4) is 0 Å². The number of amides is 1. The first-order valence-electron chi connectivity index (χ1n) is 9.28. The van der Waals surface area contributed by atoms with E-state index in [9.17, 15) is 4.79 Å². The van der Waals surface area contributed by atoms with Crippen molar-refractivity contribution in [1.29, 1.82) is 0 Å². The Balaban J connectivity index is 1.56. The smallest absolute Gasteiger partial charge is 0.409 e. The Morgan fingerprint density at radius 3 is 2.73 bits per heavy atom. The van der Waals surface area contributed by atoms with Crippen molar-refractivity contribution in [1.82, 2.24) is 9.47 Å². The maximum Gasteiger partial charge on any atom is 0.409 e. The molecule has 0 atom stereocenters. The van der Waals surface area contributed by atoms with Gasteiger partial charge in [0.2, 0.25) is 0 Å². The quantitative estimate of drug-likeness (QED) is 0.643. The monoisotopic (exact) mass is 368 g/mol. The van der Waals surface area contributed by atoms with Crippen molar-refractivity contribution in [2.45, 2.75) is 32.2 Å². The zero-order valence-corrected chi connectivity index (χ0v) is 15.9. The predicted molar refractivity (Wildman–Crippen MR) is 106 cm³/mol. The van der Waals surface area contributed by atoms with E-state index in [0.29, 0.717) is 12.5 Å². The number of benzene rings is 1. The SMILES string of the molecule is CCOC(=O)N1CCC(c2cn(Cc3cccs3)c3ccccc23)CC1. The molecule has 0 N–H and O–H groups in total. The number of likely N-dealkylation sites (tertiary alicyclic amines) is 1. The lowest BCUT2D eigenvalue weighted by atomic mass is 9.89. The van der Waals surface area contributed by atoms with Crippen LogP contribution in [0.5, 0.6) is 0 Å². The van der Waals surface area contributed by atoms with Gasteiger partial charge in [-0.3, -0.25) is 0 Å². The highest BCUT2D eigenvalue weighted by molar-refractivity contribution is 7.09. The Kier molecular flexibility index (Phi) is 4.98. The maximum absolute atomic E-state index is 11.9. The number of fused-ring (bicyclic) bond motifs is 1. The van der Waals surface area contributed by atoms with Gasteiger partial charge in [-0.1, -0.05) is 24.3 Å². The van der Waals surface area contributed by atoms with E-state index in [1.54, 1.807) is 11.3 Å². The largest absolute Gasteiger partial charge is 0.450 e. The molecule has 1 fully saturated rings. The summed E-state index contributed by atoms with van der Waals surface area (Å²) in [7, 11) is 0. The minimum Gasteiger partial charge on any atom is -0.450 e. The molecule has 1 aromatic carbocycles. The molecule has 0 radical (unpaired) electrons. The molecule has 1 saturated heterocycles. The van der Waals surface area contributed by atoms with Crippen LogP contribution in [0, 0.1) is 0 Å². The molecule has 1 aliphatic rings. The fraction of sp³-hybridized carbons (Fsp3) is 0.381. The van der Waals surface area contributed by atoms with Gasteiger partial charge in [-0.15, -0.1) is 11.3 Å². The highest BCUT2D eigenvalue weighted by atomic mass is 32.1. The van der Waals surface area contributed by atoms with E-state index in [2.05, 4.69) is 52.5 Å². The number of carbonyl (C=O) groups excluding carboxylic acids is 1. The number of rotatable bonds is 4. The summed E-state index contributed by atoms with van der Waals surface area (Å²) in [6, 6.07) is 13.0. The van der Waals surface area contributed by atoms with Gasteiger partial charge in [-0.05, 0) is 48.8 Å². The predicted octanol–water partition coefficient (Wildman–Crippen LogP) is 5.09. The fourth-order valence-electron chi connectivity index (χ4n) is 3.89. The number of hydrogen-bond donors (Lipinski definition) is 0. The second-order valence-corrected chi connectivity index (χ2v) is 7.80. The molecule has 4 rings (SSSR count). The van der Waals surface area contributed by atoms with E-state index in [4.69, 9.17) is 4.74 Å². The first-order chi connectivity index (χ1) is 12.8. The molecule has 0 saturated carbocycles. The summed E-state index contributed by atoms with van der Waals surface area (Å²) in [4.78, 5) is 15.1. The third kappa shape index (κ3) is 3.36. The molecule has 0 unspecified atom stereocenters. The van der Waals surface area contributed by atoms with E-state index < -0.39 is 0 Å². The van der Waals surface area contributed by atoms with Crippen molar-refractivity contribution in [2.75, 3.05) is 19.7 Å². The topological polar surface area (TPSA) is 34.5 Å². The second-order valence-electron chi connectivity index (χ2n) is 6.77. The van der Waals surface area contributed by atoms with Crippen LogP contribution >= 0.6 is 11.3 Å². The van der Waals surface area contributed by atoms with Crippen molar-refractivity contribution in [3.05, 3.63) is 58.4 Å². The minimum absolute atomic E-state index is 0.175. The van der Waals surface area contributed by atoms with Crippen LogP contribution in [0.25, 0.3) is 10.9 Å². The molecular formula is C21H24N2O2S. The molecular weight excluding hydrogens is 344 g/mol. The summed E-state index contributed by atoms with van der Waals surface area (Å²) in [5.41, 5.74) is 2.71. The van der Waals surface area contributed by atoms with Gasteiger partial charge >= 0.3 is 6.09 Å². The Morgan fingerprint density at radius 1 is 1.19 bits per heavy atom. The first-order valence-corrected chi connectivity index (χ1v) is 10.2. The Bertz CT molecular complexity index is 877. The summed E-state index contributed by atoms with van der Waals surface area (Å²) in [5.74, 6) is 0.496. The molecule has 136 valence electrons. The molecule has 3 heterocycles. The first kappa shape index (κ1) is 17.2. The maximum atomic E-state index is 11.9. The summed E-state index contributed by atoms with van der Waals surface area (Å²) in [6.45, 7) is 4.75. The molecule has 4 nitrogen and oxygen atoms in total. The van der Waals surface area contributed by atoms with Crippen molar-refractivity contribution in [2.24, 2.45) is 0 Å². The Hall–Kier alpha value is -2.27. The van der Waals surface area contributed by atoms with Gasteiger partial charge in [-0.2, -0.15) is 0 Å². The molecule has 1 amide bonds. The number of carbonyl (C=O) groups is 1. The summed E-state index contributed by atoms with van der Waals surface area (Å²) in [5, 5.41) is 3.48. The highest BCUT2D eigenvalue weighted by Crippen LogP contribution is 2.35. The van der Waals surface area contributed by atoms with Gasteiger partial charge in [0.15, 0.2) is 0 Å². The van der Waals surface area contributed by atoms with E-state index in [0.717, 1.165) is 32.5 Å². The standard InChI is InChI=1S/C21H24N2O2S/c1-2-25-21(24)22-11-9-16(10-12-22)19-15-23(14-17-6-5-13-26-17)20-8-4-3-7-18(19)20/h3-8,13,15-16H,2,9-12,14H2,1H3. The lowest BCUT2D eigenvalue weighted by molar-refractivity contribution is 0.0971. The number of para-hydroxylation sites is 1. The normalized spacial score (nSPS) is 15.5. The average molecular weight is 369 g/mol.